The summed E-state index contributed by atoms with van der Waals surface area (Å²) >= 11 is 0. The quantitative estimate of drug-likeness (QED) is 0.161. The maximum Gasteiger partial charge on any atom is 0.407 e. The van der Waals surface area contributed by atoms with Crippen molar-refractivity contribution >= 4 is 12.1 Å². The number of amides is 1. The van der Waals surface area contributed by atoms with Crippen LogP contribution in [0.15, 0.2) is 42.5 Å². The lowest BCUT2D eigenvalue weighted by atomic mass is 9.87. The van der Waals surface area contributed by atoms with Gasteiger partial charge in [0.2, 0.25) is 0 Å². The predicted octanol–water partition coefficient (Wildman–Crippen LogP) is 5.29. The third-order valence-corrected chi connectivity index (χ3v) is 7.02. The van der Waals surface area contributed by atoms with Gasteiger partial charge in [0.15, 0.2) is 0 Å². The lowest BCUT2D eigenvalue weighted by molar-refractivity contribution is -0.140. The molecule has 0 saturated heterocycles. The second-order valence-electron chi connectivity index (χ2n) is 9.83. The van der Waals surface area contributed by atoms with Gasteiger partial charge in [-0.2, -0.15) is 0 Å². The van der Waals surface area contributed by atoms with Crippen LogP contribution in [0.2, 0.25) is 0 Å². The summed E-state index contributed by atoms with van der Waals surface area (Å²) in [5.41, 5.74) is 0.913. The van der Waals surface area contributed by atoms with Crippen LogP contribution in [0.5, 0.6) is 0 Å². The molecule has 0 spiro atoms. The SMILES string of the molecule is CCCCCC(O)/C=C/[C@@H]1[C@@H](CCCCCCC(=O)OC)[C@@H](O)C[C@H]1NC(=O)OCc1ccccc1. The first-order valence-corrected chi connectivity index (χ1v) is 13.5. The zero-order chi connectivity index (χ0) is 26.2. The van der Waals surface area contributed by atoms with Gasteiger partial charge in [0, 0.05) is 18.4 Å². The Morgan fingerprint density at radius 3 is 2.58 bits per heavy atom. The van der Waals surface area contributed by atoms with E-state index in [0.717, 1.165) is 56.9 Å². The normalized spacial score (nSPS) is 22.4. The van der Waals surface area contributed by atoms with Crippen molar-refractivity contribution in [1.82, 2.24) is 5.32 Å². The number of methoxy groups -OCH3 is 1. The molecule has 1 saturated carbocycles. The first kappa shape index (κ1) is 29.8. The van der Waals surface area contributed by atoms with Gasteiger partial charge in [-0.3, -0.25) is 4.79 Å². The number of esters is 1. The first-order chi connectivity index (χ1) is 17.4. The Balaban J connectivity index is 1.93. The Morgan fingerprint density at radius 2 is 1.86 bits per heavy atom. The highest BCUT2D eigenvalue weighted by Crippen LogP contribution is 2.37. The van der Waals surface area contributed by atoms with Crippen LogP contribution in [-0.4, -0.2) is 47.6 Å². The molecule has 1 aliphatic carbocycles. The molecule has 0 aliphatic heterocycles. The van der Waals surface area contributed by atoms with Gasteiger partial charge in [-0.15, -0.1) is 0 Å². The van der Waals surface area contributed by atoms with Gasteiger partial charge >= 0.3 is 12.1 Å². The van der Waals surface area contributed by atoms with Crippen molar-refractivity contribution in [2.75, 3.05) is 7.11 Å². The number of carbonyl (C=O) groups excluding carboxylic acids is 2. The highest BCUT2D eigenvalue weighted by Gasteiger charge is 2.41. The Bertz CT molecular complexity index is 783. The average molecular weight is 504 g/mol. The first-order valence-electron chi connectivity index (χ1n) is 13.5. The lowest BCUT2D eigenvalue weighted by Crippen LogP contribution is -2.38. The number of unbranched alkanes of at least 4 members (excludes halogenated alkanes) is 5. The van der Waals surface area contributed by atoms with Crippen molar-refractivity contribution in [2.24, 2.45) is 11.8 Å². The second-order valence-corrected chi connectivity index (χ2v) is 9.83. The monoisotopic (exact) mass is 503 g/mol. The van der Waals surface area contributed by atoms with Crippen molar-refractivity contribution < 1.29 is 29.3 Å². The van der Waals surface area contributed by atoms with Crippen LogP contribution < -0.4 is 5.32 Å². The minimum atomic E-state index is -0.536. The van der Waals surface area contributed by atoms with E-state index in [-0.39, 0.29) is 30.5 Å². The molecule has 7 nitrogen and oxygen atoms in total. The van der Waals surface area contributed by atoms with Crippen molar-refractivity contribution in [3.8, 4) is 0 Å². The van der Waals surface area contributed by atoms with Crippen molar-refractivity contribution in [3.05, 3.63) is 48.0 Å². The van der Waals surface area contributed by atoms with Gasteiger partial charge in [-0.05, 0) is 37.2 Å². The lowest BCUT2D eigenvalue weighted by Gasteiger charge is -2.24. The maximum absolute atomic E-state index is 12.5. The van der Waals surface area contributed by atoms with E-state index in [1.54, 1.807) is 0 Å². The summed E-state index contributed by atoms with van der Waals surface area (Å²) in [6, 6.07) is 9.26. The molecule has 0 radical (unpaired) electrons. The number of hydrogen-bond acceptors (Lipinski definition) is 6. The van der Waals surface area contributed by atoms with Gasteiger partial charge in [-0.25, -0.2) is 4.79 Å². The summed E-state index contributed by atoms with van der Waals surface area (Å²) in [6.07, 6.45) is 11.4. The second kappa shape index (κ2) is 17.1. The van der Waals surface area contributed by atoms with E-state index in [4.69, 9.17) is 4.74 Å². The Labute approximate surface area is 216 Å². The fourth-order valence-electron chi connectivity index (χ4n) is 4.94. The highest BCUT2D eigenvalue weighted by atomic mass is 16.5. The molecule has 5 atom stereocenters. The highest BCUT2D eigenvalue weighted by molar-refractivity contribution is 5.69. The maximum atomic E-state index is 12.5. The molecule has 1 aromatic carbocycles. The third kappa shape index (κ3) is 11.1. The van der Waals surface area contributed by atoms with E-state index in [9.17, 15) is 19.8 Å². The van der Waals surface area contributed by atoms with Crippen LogP contribution >= 0.6 is 0 Å². The van der Waals surface area contributed by atoms with Gasteiger partial charge in [0.05, 0.1) is 19.3 Å². The number of aliphatic hydroxyl groups is 2. The van der Waals surface area contributed by atoms with Gasteiger partial charge in [-0.1, -0.05) is 87.9 Å². The van der Waals surface area contributed by atoms with E-state index >= 15 is 0 Å². The van der Waals surface area contributed by atoms with Gasteiger partial charge < -0.3 is 25.0 Å². The van der Waals surface area contributed by atoms with Gasteiger partial charge in [0.1, 0.15) is 6.61 Å². The molecule has 7 heteroatoms. The zero-order valence-electron chi connectivity index (χ0n) is 21.9. The largest absolute Gasteiger partial charge is 0.469 e. The zero-order valence-corrected chi connectivity index (χ0v) is 21.9. The van der Waals surface area contributed by atoms with E-state index in [1.165, 1.54) is 7.11 Å². The molecule has 3 N–H and O–H groups in total. The number of carbonyl (C=O) groups is 2. The third-order valence-electron chi connectivity index (χ3n) is 7.02. The Hall–Kier alpha value is -2.38. The standard InChI is InChI=1S/C29H45NO6/c1-3-4-8-15-23(31)18-19-24-25(16-11-5-6-12-17-28(33)35-2)27(32)20-26(24)30-29(34)36-21-22-13-9-7-10-14-22/h7,9-10,13-14,18-19,23-27,31-32H,3-6,8,11-12,15-17,20-21H2,1-2H3,(H,30,34)/b19-18+/t23?,24-,25-,26-,27+/m1/s1. The topological polar surface area (TPSA) is 105 Å². The molecule has 202 valence electrons. The van der Waals surface area contributed by atoms with E-state index in [2.05, 4.69) is 17.0 Å². The molecule has 2 rings (SSSR count). The molecule has 0 heterocycles. The summed E-state index contributed by atoms with van der Waals surface area (Å²) in [4.78, 5) is 23.8. The molecular formula is C29H45NO6. The van der Waals surface area contributed by atoms with Crippen molar-refractivity contribution in [3.63, 3.8) is 0 Å². The molecule has 0 aromatic heterocycles. The van der Waals surface area contributed by atoms with Crippen LogP contribution in [0.4, 0.5) is 4.79 Å². The van der Waals surface area contributed by atoms with E-state index in [0.29, 0.717) is 19.3 Å². The Morgan fingerprint density at radius 1 is 1.11 bits per heavy atom. The minimum absolute atomic E-state index is 0.0101. The van der Waals surface area contributed by atoms with Gasteiger partial charge in [0.25, 0.3) is 0 Å². The molecular weight excluding hydrogens is 458 g/mol. The van der Waals surface area contributed by atoms with Crippen molar-refractivity contribution in [2.45, 2.75) is 102 Å². The number of benzene rings is 1. The van der Waals surface area contributed by atoms with Crippen LogP contribution in [0, 0.1) is 11.8 Å². The number of hydrogen-bond donors (Lipinski definition) is 3. The minimum Gasteiger partial charge on any atom is -0.469 e. The summed E-state index contributed by atoms with van der Waals surface area (Å²) in [7, 11) is 1.40. The fourth-order valence-corrected chi connectivity index (χ4v) is 4.94. The van der Waals surface area contributed by atoms with Crippen LogP contribution in [0.25, 0.3) is 0 Å². The van der Waals surface area contributed by atoms with Crippen molar-refractivity contribution in [1.29, 1.82) is 0 Å². The summed E-state index contributed by atoms with van der Waals surface area (Å²) < 4.78 is 10.1. The molecule has 36 heavy (non-hydrogen) atoms. The van der Waals surface area contributed by atoms with Crippen LogP contribution in [0.3, 0.4) is 0 Å². The van der Waals surface area contributed by atoms with Crippen LogP contribution in [-0.2, 0) is 20.9 Å². The molecule has 1 aromatic rings. The van der Waals surface area contributed by atoms with Crippen LogP contribution in [0.1, 0.15) is 83.1 Å². The summed E-state index contributed by atoms with van der Waals surface area (Å²) in [6.45, 7) is 2.32. The molecule has 1 aliphatic rings. The molecule has 1 amide bonds. The molecule has 1 fully saturated rings. The van der Waals surface area contributed by atoms with E-state index in [1.807, 2.05) is 42.5 Å². The summed E-state index contributed by atoms with van der Waals surface area (Å²) in [5.74, 6) is -0.277. The van der Waals surface area contributed by atoms with E-state index < -0.39 is 18.3 Å². The number of alkyl carbamates (subject to hydrolysis) is 1. The number of aliphatic hydroxyl groups excluding tert-OH is 2. The molecule has 0 bridgehead atoms. The summed E-state index contributed by atoms with van der Waals surface area (Å²) in [5, 5.41) is 24.2. The Kier molecular flexibility index (Phi) is 14.2. The number of ether oxygens (including phenoxy) is 2. The predicted molar refractivity (Wildman–Crippen MR) is 140 cm³/mol. The molecule has 1 unspecified atom stereocenters. The smallest absolute Gasteiger partial charge is 0.407 e. The average Bonchev–Trinajstić information content (AvgIpc) is 3.17. The number of rotatable bonds is 16. The fraction of sp³-hybridized carbons (Fsp3) is 0.655. The number of nitrogens with one attached hydrogen (secondary N) is 1.